The molecular formula is C33H30Cl4N2O6. The molecule has 0 saturated heterocycles. The highest BCUT2D eigenvalue weighted by Gasteiger charge is 2.15. The molecule has 0 heterocycles. The molecule has 0 aromatic heterocycles. The van der Waals surface area contributed by atoms with Gasteiger partial charge in [-0.25, -0.2) is 9.59 Å². The molecule has 0 spiro atoms. The van der Waals surface area contributed by atoms with Crippen molar-refractivity contribution in [3.8, 4) is 11.5 Å². The molecule has 4 N–H and O–H groups in total. The van der Waals surface area contributed by atoms with Gasteiger partial charge in [-0.05, 0) is 61.4 Å². The summed E-state index contributed by atoms with van der Waals surface area (Å²) in [5.41, 5.74) is 2.21. The largest absolute Gasteiger partial charge is 0.490 e. The van der Waals surface area contributed by atoms with Gasteiger partial charge in [-0.3, -0.25) is 0 Å². The number of aromatic carboxylic acids is 2. The van der Waals surface area contributed by atoms with Crippen molar-refractivity contribution < 1.29 is 29.3 Å². The second kappa shape index (κ2) is 16.5. The highest BCUT2D eigenvalue weighted by molar-refractivity contribution is 6.38. The van der Waals surface area contributed by atoms with E-state index in [1.54, 1.807) is 60.7 Å². The van der Waals surface area contributed by atoms with Crippen LogP contribution in [0.25, 0.3) is 0 Å². The predicted molar refractivity (Wildman–Crippen MR) is 180 cm³/mol. The lowest BCUT2D eigenvalue weighted by molar-refractivity contribution is 0.0687. The number of hydrogen-bond acceptors (Lipinski definition) is 6. The van der Waals surface area contributed by atoms with Crippen LogP contribution in [0.15, 0.2) is 72.8 Å². The minimum atomic E-state index is -1.04. The van der Waals surface area contributed by atoms with Crippen LogP contribution in [0.3, 0.4) is 0 Å². The standard InChI is InChI=1S/C33H30Cl4N2O6/c34-24-16-20(38-28-12-6-4-10-22(28)32(40)41)17-25(35)30(24)44-14-8-2-1-3-9-15-45-31-26(36)18-21(19-27(31)37)39-29-13-7-5-11-23(29)33(42)43/h4-7,10-13,16-19,38-39H,1-3,8-9,14-15H2,(H,40,41)(H,42,43). The molecule has 0 aliphatic carbocycles. The topological polar surface area (TPSA) is 117 Å². The fourth-order valence-corrected chi connectivity index (χ4v) is 5.68. The van der Waals surface area contributed by atoms with Crippen LogP contribution in [0, 0.1) is 0 Å². The third kappa shape index (κ3) is 9.58. The Balaban J connectivity index is 1.16. The molecule has 4 aromatic carbocycles. The molecule has 8 nitrogen and oxygen atoms in total. The Morgan fingerprint density at radius 2 is 0.889 bits per heavy atom. The summed E-state index contributed by atoms with van der Waals surface area (Å²) in [7, 11) is 0. The number of carbonyl (C=O) groups is 2. The zero-order valence-electron chi connectivity index (χ0n) is 23.9. The van der Waals surface area contributed by atoms with Crippen LogP contribution in [0.1, 0.15) is 52.8 Å². The van der Waals surface area contributed by atoms with Crippen molar-refractivity contribution in [3.63, 3.8) is 0 Å². The van der Waals surface area contributed by atoms with Crippen molar-refractivity contribution in [1.29, 1.82) is 0 Å². The quantitative estimate of drug-likeness (QED) is 0.0858. The van der Waals surface area contributed by atoms with Crippen LogP contribution in [0.2, 0.25) is 20.1 Å². The van der Waals surface area contributed by atoms with Gasteiger partial charge in [0.2, 0.25) is 0 Å². The van der Waals surface area contributed by atoms with Crippen molar-refractivity contribution in [2.75, 3.05) is 23.8 Å². The minimum absolute atomic E-state index is 0.133. The third-order valence-corrected chi connectivity index (χ3v) is 7.77. The lowest BCUT2D eigenvalue weighted by Gasteiger charge is -2.14. The van der Waals surface area contributed by atoms with E-state index in [9.17, 15) is 19.8 Å². The molecular weight excluding hydrogens is 662 g/mol. The number of carboxylic acids is 2. The van der Waals surface area contributed by atoms with Crippen molar-refractivity contribution in [1.82, 2.24) is 0 Å². The molecule has 0 aliphatic rings. The number of hydrogen-bond donors (Lipinski definition) is 4. The van der Waals surface area contributed by atoms with E-state index in [4.69, 9.17) is 55.9 Å². The summed E-state index contributed by atoms with van der Waals surface area (Å²) >= 11 is 25.6. The van der Waals surface area contributed by atoms with Gasteiger partial charge in [-0.15, -0.1) is 0 Å². The van der Waals surface area contributed by atoms with Gasteiger partial charge >= 0.3 is 11.9 Å². The maximum absolute atomic E-state index is 11.5. The van der Waals surface area contributed by atoms with Crippen molar-refractivity contribution in [3.05, 3.63) is 104 Å². The van der Waals surface area contributed by atoms with Crippen molar-refractivity contribution >= 4 is 81.1 Å². The Morgan fingerprint density at radius 3 is 1.24 bits per heavy atom. The maximum atomic E-state index is 11.5. The maximum Gasteiger partial charge on any atom is 0.337 e. The summed E-state index contributed by atoms with van der Waals surface area (Å²) in [5, 5.41) is 26.1. The van der Waals surface area contributed by atoms with Gasteiger partial charge in [-0.2, -0.15) is 0 Å². The molecule has 236 valence electrons. The number of anilines is 4. The molecule has 4 rings (SSSR count). The van der Waals surface area contributed by atoms with Crippen molar-refractivity contribution in [2.24, 2.45) is 0 Å². The van der Waals surface area contributed by atoms with E-state index in [1.807, 2.05) is 0 Å². The molecule has 0 amide bonds. The van der Waals surface area contributed by atoms with Gasteiger partial charge in [0.25, 0.3) is 0 Å². The zero-order valence-corrected chi connectivity index (χ0v) is 26.9. The molecule has 0 fully saturated rings. The molecule has 12 heteroatoms. The first-order valence-electron chi connectivity index (χ1n) is 14.1. The van der Waals surface area contributed by atoms with E-state index >= 15 is 0 Å². The van der Waals surface area contributed by atoms with Gasteiger partial charge in [0, 0.05) is 11.4 Å². The van der Waals surface area contributed by atoms with Gasteiger partial charge in [0.15, 0.2) is 11.5 Å². The average Bonchev–Trinajstić information content (AvgIpc) is 2.99. The van der Waals surface area contributed by atoms with Gasteiger partial charge in [-0.1, -0.05) is 89.9 Å². The van der Waals surface area contributed by atoms with Crippen LogP contribution < -0.4 is 20.1 Å². The van der Waals surface area contributed by atoms with Crippen LogP contribution >= 0.6 is 46.4 Å². The predicted octanol–water partition coefficient (Wildman–Crippen LogP) is 10.6. The van der Waals surface area contributed by atoms with Crippen LogP contribution in [0.4, 0.5) is 22.7 Å². The smallest absolute Gasteiger partial charge is 0.337 e. The van der Waals surface area contributed by atoms with Crippen LogP contribution in [-0.2, 0) is 0 Å². The molecule has 0 unspecified atom stereocenters. The lowest BCUT2D eigenvalue weighted by atomic mass is 10.1. The Bertz CT molecular complexity index is 1500. The van der Waals surface area contributed by atoms with E-state index in [-0.39, 0.29) is 11.1 Å². The minimum Gasteiger partial charge on any atom is -0.490 e. The zero-order chi connectivity index (χ0) is 32.3. The molecule has 0 radical (unpaired) electrons. The highest BCUT2D eigenvalue weighted by atomic mass is 35.5. The van der Waals surface area contributed by atoms with E-state index in [0.29, 0.717) is 67.6 Å². The number of nitrogens with one attached hydrogen (secondary N) is 2. The van der Waals surface area contributed by atoms with Gasteiger partial charge in [0.05, 0.1) is 55.8 Å². The summed E-state index contributed by atoms with van der Waals surface area (Å²) in [6.07, 6.45) is 4.43. The van der Waals surface area contributed by atoms with Crippen molar-refractivity contribution in [2.45, 2.75) is 32.1 Å². The van der Waals surface area contributed by atoms with E-state index in [2.05, 4.69) is 10.6 Å². The fraction of sp³-hybridized carbons (Fsp3) is 0.212. The number of ether oxygens (including phenoxy) is 2. The second-order valence-corrected chi connectivity index (χ2v) is 11.6. The Morgan fingerprint density at radius 1 is 0.556 bits per heavy atom. The highest BCUT2D eigenvalue weighted by Crippen LogP contribution is 2.38. The molecule has 0 saturated carbocycles. The first kappa shape index (κ1) is 34.1. The summed E-state index contributed by atoms with van der Waals surface area (Å²) < 4.78 is 11.7. The fourth-order valence-electron chi connectivity index (χ4n) is 4.49. The monoisotopic (exact) mass is 690 g/mol. The number of benzene rings is 4. The number of rotatable bonds is 16. The molecule has 0 bridgehead atoms. The molecule has 0 aliphatic heterocycles. The Hall–Kier alpha value is -3.82. The third-order valence-electron chi connectivity index (χ3n) is 6.65. The molecule has 4 aromatic rings. The van der Waals surface area contributed by atoms with Gasteiger partial charge < -0.3 is 30.3 Å². The number of unbranched alkanes of at least 4 members (excludes halogenated alkanes) is 4. The molecule has 0 atom stereocenters. The lowest BCUT2D eigenvalue weighted by Crippen LogP contribution is -2.03. The normalized spacial score (nSPS) is 10.8. The summed E-state index contributed by atoms with van der Waals surface area (Å²) in [4.78, 5) is 22.9. The van der Waals surface area contributed by atoms with Gasteiger partial charge in [0.1, 0.15) is 0 Å². The summed E-state index contributed by atoms with van der Waals surface area (Å²) in [6.45, 7) is 0.875. The first-order chi connectivity index (χ1) is 21.6. The number of para-hydroxylation sites is 2. The van der Waals surface area contributed by atoms with Crippen LogP contribution in [0.5, 0.6) is 11.5 Å². The van der Waals surface area contributed by atoms with E-state index in [0.717, 1.165) is 32.1 Å². The Kier molecular flexibility index (Phi) is 12.5. The van der Waals surface area contributed by atoms with Crippen LogP contribution in [-0.4, -0.2) is 35.4 Å². The first-order valence-corrected chi connectivity index (χ1v) is 15.6. The SMILES string of the molecule is O=C(O)c1ccccc1Nc1cc(Cl)c(OCCCCCCCOc2c(Cl)cc(Nc3ccccc3C(=O)O)cc2Cl)c(Cl)c1. The summed E-state index contributed by atoms with van der Waals surface area (Å²) in [6, 6.07) is 19.7. The van der Waals surface area contributed by atoms with E-state index in [1.165, 1.54) is 12.1 Å². The Labute approximate surface area is 280 Å². The number of carboxylic acid groups (broad SMARTS) is 2. The second-order valence-electron chi connectivity index (χ2n) is 9.95. The van der Waals surface area contributed by atoms with E-state index < -0.39 is 11.9 Å². The summed E-state index contributed by atoms with van der Waals surface area (Å²) in [5.74, 6) is -1.33. The molecule has 45 heavy (non-hydrogen) atoms. The number of halogens is 4. The average molecular weight is 692 g/mol.